The summed E-state index contributed by atoms with van der Waals surface area (Å²) in [5.41, 5.74) is 3.08. The first-order chi connectivity index (χ1) is 10.1. The first-order valence-electron chi connectivity index (χ1n) is 6.96. The molecule has 0 saturated carbocycles. The van der Waals surface area contributed by atoms with Gasteiger partial charge in [0.25, 0.3) is 0 Å². The van der Waals surface area contributed by atoms with E-state index in [1.165, 1.54) is 23.3 Å². The lowest BCUT2D eigenvalue weighted by Crippen LogP contribution is -2.21. The number of carbonyl (C=O) groups excluding carboxylic acids is 1. The van der Waals surface area contributed by atoms with Gasteiger partial charge in [0, 0.05) is 25.2 Å². The molecule has 21 heavy (non-hydrogen) atoms. The van der Waals surface area contributed by atoms with E-state index in [1.807, 2.05) is 12.1 Å². The number of nitrogens with one attached hydrogen (secondary N) is 2. The van der Waals surface area contributed by atoms with E-state index in [2.05, 4.69) is 29.7 Å². The number of hydrogen-bond donors (Lipinski definition) is 2. The Morgan fingerprint density at radius 1 is 1.10 bits per heavy atom. The predicted molar refractivity (Wildman–Crippen MR) is 82.5 cm³/mol. The van der Waals surface area contributed by atoms with Crippen molar-refractivity contribution in [2.24, 2.45) is 0 Å². The van der Waals surface area contributed by atoms with Crippen molar-refractivity contribution in [1.29, 1.82) is 0 Å². The lowest BCUT2D eigenvalue weighted by Gasteiger charge is -2.08. The Morgan fingerprint density at radius 2 is 1.81 bits per heavy atom. The summed E-state index contributed by atoms with van der Waals surface area (Å²) in [6.45, 7) is 3.41. The molecule has 0 unspecified atom stereocenters. The third kappa shape index (κ3) is 5.00. The molecule has 2 rings (SSSR count). The minimum Gasteiger partial charge on any atom is -0.326 e. The van der Waals surface area contributed by atoms with E-state index in [1.54, 1.807) is 12.1 Å². The average molecular weight is 286 g/mol. The molecular formula is C17H19FN2O. The quantitative estimate of drug-likeness (QED) is 0.800. The molecule has 0 aliphatic rings. The van der Waals surface area contributed by atoms with Gasteiger partial charge in [-0.3, -0.25) is 4.79 Å². The van der Waals surface area contributed by atoms with E-state index in [4.69, 9.17) is 0 Å². The lowest BCUT2D eigenvalue weighted by atomic mass is 10.1. The van der Waals surface area contributed by atoms with Crippen LogP contribution in [0, 0.1) is 12.7 Å². The van der Waals surface area contributed by atoms with Gasteiger partial charge in [-0.25, -0.2) is 4.39 Å². The highest BCUT2D eigenvalue weighted by Gasteiger charge is 2.03. The fourth-order valence-corrected chi connectivity index (χ4v) is 1.99. The Bertz CT molecular complexity index is 596. The van der Waals surface area contributed by atoms with Crippen molar-refractivity contribution in [3.05, 3.63) is 65.5 Å². The molecule has 0 bridgehead atoms. The van der Waals surface area contributed by atoms with Crippen LogP contribution < -0.4 is 10.6 Å². The van der Waals surface area contributed by atoms with Crippen LogP contribution in [0.2, 0.25) is 0 Å². The van der Waals surface area contributed by atoms with Crippen molar-refractivity contribution in [2.45, 2.75) is 19.9 Å². The number of carbonyl (C=O) groups is 1. The standard InChI is InChI=1S/C17H19FN2O/c1-13-4-2-3-5-14(13)12-19-11-10-17(21)20-16-8-6-15(18)7-9-16/h2-9,19H,10-12H2,1H3,(H,20,21). The molecular weight excluding hydrogens is 267 g/mol. The Labute approximate surface area is 124 Å². The molecule has 0 atom stereocenters. The lowest BCUT2D eigenvalue weighted by molar-refractivity contribution is -0.116. The number of amides is 1. The summed E-state index contributed by atoms with van der Waals surface area (Å²) in [5.74, 6) is -0.396. The molecule has 0 spiro atoms. The van der Waals surface area contributed by atoms with E-state index in [0.29, 0.717) is 18.7 Å². The topological polar surface area (TPSA) is 41.1 Å². The van der Waals surface area contributed by atoms with E-state index in [-0.39, 0.29) is 11.7 Å². The Morgan fingerprint density at radius 3 is 2.52 bits per heavy atom. The zero-order chi connectivity index (χ0) is 15.1. The van der Waals surface area contributed by atoms with E-state index in [9.17, 15) is 9.18 Å². The van der Waals surface area contributed by atoms with Gasteiger partial charge >= 0.3 is 0 Å². The van der Waals surface area contributed by atoms with Crippen molar-refractivity contribution in [1.82, 2.24) is 5.32 Å². The number of rotatable bonds is 6. The second-order valence-corrected chi connectivity index (χ2v) is 4.91. The summed E-state index contributed by atoms with van der Waals surface area (Å²) in [7, 11) is 0. The maximum Gasteiger partial charge on any atom is 0.225 e. The van der Waals surface area contributed by atoms with Crippen molar-refractivity contribution in [3.8, 4) is 0 Å². The smallest absolute Gasteiger partial charge is 0.225 e. The predicted octanol–water partition coefficient (Wildman–Crippen LogP) is 3.25. The van der Waals surface area contributed by atoms with Gasteiger partial charge in [-0.1, -0.05) is 24.3 Å². The summed E-state index contributed by atoms with van der Waals surface area (Å²) in [5, 5.41) is 5.98. The number of anilines is 1. The number of halogens is 1. The van der Waals surface area contributed by atoms with E-state index < -0.39 is 0 Å². The number of hydrogen-bond acceptors (Lipinski definition) is 2. The molecule has 1 amide bonds. The van der Waals surface area contributed by atoms with Crippen LogP contribution in [0.15, 0.2) is 48.5 Å². The largest absolute Gasteiger partial charge is 0.326 e. The molecule has 2 aromatic carbocycles. The Kier molecular flexibility index (Phi) is 5.46. The summed E-state index contributed by atoms with van der Waals surface area (Å²) in [6, 6.07) is 13.9. The number of aryl methyl sites for hydroxylation is 1. The molecule has 4 heteroatoms. The van der Waals surface area contributed by atoms with Gasteiger partial charge in [-0.05, 0) is 42.3 Å². The third-order valence-corrected chi connectivity index (χ3v) is 3.23. The SMILES string of the molecule is Cc1ccccc1CNCCC(=O)Nc1ccc(F)cc1. The first kappa shape index (κ1) is 15.2. The van der Waals surface area contributed by atoms with E-state index in [0.717, 1.165) is 6.54 Å². The van der Waals surface area contributed by atoms with Gasteiger partial charge in [-0.2, -0.15) is 0 Å². The van der Waals surface area contributed by atoms with Gasteiger partial charge in [0.2, 0.25) is 5.91 Å². The minimum absolute atomic E-state index is 0.0844. The van der Waals surface area contributed by atoms with Crippen LogP contribution in [-0.4, -0.2) is 12.5 Å². The fourth-order valence-electron chi connectivity index (χ4n) is 1.99. The Balaban J connectivity index is 1.70. The molecule has 0 aromatic heterocycles. The molecule has 0 radical (unpaired) electrons. The van der Waals surface area contributed by atoms with Crippen LogP contribution in [-0.2, 0) is 11.3 Å². The molecule has 2 N–H and O–H groups in total. The first-order valence-corrected chi connectivity index (χ1v) is 6.96. The van der Waals surface area contributed by atoms with Gasteiger partial charge in [0.1, 0.15) is 5.82 Å². The van der Waals surface area contributed by atoms with Crippen LogP contribution in [0.25, 0.3) is 0 Å². The fraction of sp³-hybridized carbons (Fsp3) is 0.235. The second-order valence-electron chi connectivity index (χ2n) is 4.91. The molecule has 0 aliphatic carbocycles. The monoisotopic (exact) mass is 286 g/mol. The summed E-state index contributed by atoms with van der Waals surface area (Å²) in [6.07, 6.45) is 0.378. The molecule has 3 nitrogen and oxygen atoms in total. The summed E-state index contributed by atoms with van der Waals surface area (Å²) >= 11 is 0. The highest BCUT2D eigenvalue weighted by atomic mass is 19.1. The highest BCUT2D eigenvalue weighted by Crippen LogP contribution is 2.08. The van der Waals surface area contributed by atoms with Crippen LogP contribution in [0.3, 0.4) is 0 Å². The van der Waals surface area contributed by atoms with Gasteiger partial charge < -0.3 is 10.6 Å². The molecule has 0 aliphatic heterocycles. The maximum absolute atomic E-state index is 12.7. The molecule has 0 heterocycles. The zero-order valence-corrected chi connectivity index (χ0v) is 12.0. The summed E-state index contributed by atoms with van der Waals surface area (Å²) < 4.78 is 12.7. The second kappa shape index (κ2) is 7.55. The number of benzene rings is 2. The van der Waals surface area contributed by atoms with Crippen molar-refractivity contribution < 1.29 is 9.18 Å². The van der Waals surface area contributed by atoms with Gasteiger partial charge in [0.15, 0.2) is 0 Å². The minimum atomic E-state index is -0.312. The third-order valence-electron chi connectivity index (χ3n) is 3.23. The van der Waals surface area contributed by atoms with Crippen LogP contribution >= 0.6 is 0 Å². The zero-order valence-electron chi connectivity index (χ0n) is 12.0. The van der Waals surface area contributed by atoms with Crippen molar-refractivity contribution in [2.75, 3.05) is 11.9 Å². The highest BCUT2D eigenvalue weighted by molar-refractivity contribution is 5.90. The van der Waals surface area contributed by atoms with E-state index >= 15 is 0 Å². The van der Waals surface area contributed by atoms with Gasteiger partial charge in [0.05, 0.1) is 0 Å². The molecule has 110 valence electrons. The molecule has 0 fully saturated rings. The summed E-state index contributed by atoms with van der Waals surface area (Å²) in [4.78, 5) is 11.7. The average Bonchev–Trinajstić information content (AvgIpc) is 2.48. The Hall–Kier alpha value is -2.20. The van der Waals surface area contributed by atoms with Crippen molar-refractivity contribution in [3.63, 3.8) is 0 Å². The maximum atomic E-state index is 12.7. The normalized spacial score (nSPS) is 10.4. The van der Waals surface area contributed by atoms with Crippen molar-refractivity contribution >= 4 is 11.6 Å². The van der Waals surface area contributed by atoms with Gasteiger partial charge in [-0.15, -0.1) is 0 Å². The van der Waals surface area contributed by atoms with Crippen LogP contribution in [0.1, 0.15) is 17.5 Å². The van der Waals surface area contributed by atoms with Crippen LogP contribution in [0.5, 0.6) is 0 Å². The molecule has 2 aromatic rings. The molecule has 0 saturated heterocycles. The van der Waals surface area contributed by atoms with Crippen LogP contribution in [0.4, 0.5) is 10.1 Å².